The Morgan fingerprint density at radius 3 is 1.51 bits per heavy atom. The van der Waals surface area contributed by atoms with Gasteiger partial charge in [0.05, 0.1) is 37.3 Å². The van der Waals surface area contributed by atoms with Crippen LogP contribution in [0.25, 0.3) is 0 Å². The lowest BCUT2D eigenvalue weighted by molar-refractivity contribution is -0.153. The van der Waals surface area contributed by atoms with Gasteiger partial charge in [0.15, 0.2) is 5.12 Å². The van der Waals surface area contributed by atoms with Crippen LogP contribution in [-0.4, -0.2) is 111 Å². The average Bonchev–Trinajstić information content (AvgIpc) is 3.40. The Morgan fingerprint density at radius 2 is 1.12 bits per heavy atom. The van der Waals surface area contributed by atoms with Gasteiger partial charge in [-0.15, -0.1) is 23.5 Å². The summed E-state index contributed by atoms with van der Waals surface area (Å²) in [6.45, 7) is 12.5. The number of carbonyl (C=O) groups is 9. The van der Waals surface area contributed by atoms with E-state index in [4.69, 9.17) is 9.47 Å². The average molecular weight is 1140 g/mol. The van der Waals surface area contributed by atoms with Gasteiger partial charge < -0.3 is 41.4 Å². The van der Waals surface area contributed by atoms with E-state index in [9.17, 15) is 43.2 Å². The molecule has 23 heteroatoms. The second-order valence-electron chi connectivity index (χ2n) is 18.1. The lowest BCUT2D eigenvalue weighted by Crippen LogP contribution is -2.48. The first-order valence-electron chi connectivity index (χ1n) is 25.5. The highest BCUT2D eigenvalue weighted by Crippen LogP contribution is 2.22. The highest BCUT2D eigenvalue weighted by molar-refractivity contribution is 8.13. The number of aromatic nitrogens is 2. The molecular formula is C54H74N8O11S4. The standard InChI is InChI=1S/C30H42N4O6S2.C24H32N4O5S2/c1-6-8-9-13-26(36)42-16-11-10-12-20-17-25(35)31-18-23-24(41-5)15-14-22(32-23)29(38)33-21(7-2)28(37)34-27(19(3)4)30(39)40-20;1-5-16-22(30)28-21(14(2)3)24(32)33-15(8-6-7-11-34)12-20(29)25-13-18-19(35-4)10-9-17(26-18)23(31)27-16/h7,10,12,14-15,19-20,27H,6,8-9,11,13,16-18H2,1-5H3,(H,31,35)(H,33,38)(H,34,37);5-6,8-10,14-15,21,34H,7,11-13H2,1-4H3,(H,25,29)(H,27,31)(H,28,30)/b12-10+,21-7-;8-6+,16-5-/t20-,27+;15-,21+/m11/s1. The summed E-state index contributed by atoms with van der Waals surface area (Å²) >= 11 is 8.30. The number of rotatable bonds is 15. The molecule has 2 aliphatic heterocycles. The van der Waals surface area contributed by atoms with Gasteiger partial charge in [0, 0.05) is 22.0 Å². The molecule has 0 unspecified atom stereocenters. The number of hydrogen-bond donors (Lipinski definition) is 7. The minimum absolute atomic E-state index is 0.0173. The van der Waals surface area contributed by atoms with Crippen LogP contribution in [0.1, 0.15) is 132 Å². The predicted molar refractivity (Wildman–Crippen MR) is 304 cm³/mol. The van der Waals surface area contributed by atoms with Gasteiger partial charge in [-0.2, -0.15) is 12.6 Å². The summed E-state index contributed by atoms with van der Waals surface area (Å²) in [5, 5.41) is 16.2. The quantitative estimate of drug-likeness (QED) is 0.0245. The molecule has 4 atom stereocenters. The molecule has 2 aromatic rings. The van der Waals surface area contributed by atoms with Gasteiger partial charge in [0.25, 0.3) is 23.6 Å². The molecule has 0 aliphatic carbocycles. The van der Waals surface area contributed by atoms with Crippen molar-refractivity contribution in [3.63, 3.8) is 0 Å². The largest absolute Gasteiger partial charge is 0.456 e. The van der Waals surface area contributed by atoms with E-state index in [0.717, 1.165) is 29.1 Å². The number of ether oxygens (including phenoxy) is 2. The molecule has 0 fully saturated rings. The minimum atomic E-state index is -1.03. The van der Waals surface area contributed by atoms with Crippen molar-refractivity contribution in [2.24, 2.45) is 11.8 Å². The Morgan fingerprint density at radius 1 is 0.675 bits per heavy atom. The molecule has 0 saturated heterocycles. The van der Waals surface area contributed by atoms with Gasteiger partial charge in [0.2, 0.25) is 11.8 Å². The summed E-state index contributed by atoms with van der Waals surface area (Å²) in [4.78, 5) is 126. The van der Waals surface area contributed by atoms with Crippen molar-refractivity contribution < 1.29 is 52.6 Å². The number of thioether (sulfide) groups is 3. The highest BCUT2D eigenvalue weighted by Gasteiger charge is 2.32. The van der Waals surface area contributed by atoms with Crippen molar-refractivity contribution in [1.82, 2.24) is 41.9 Å². The maximum Gasteiger partial charge on any atom is 0.329 e. The van der Waals surface area contributed by atoms with Crippen LogP contribution in [0.5, 0.6) is 0 Å². The fourth-order valence-electron chi connectivity index (χ4n) is 7.20. The highest BCUT2D eigenvalue weighted by atomic mass is 32.2. The van der Waals surface area contributed by atoms with Crippen LogP contribution in [-0.2, 0) is 56.1 Å². The van der Waals surface area contributed by atoms with Crippen LogP contribution in [0, 0.1) is 11.8 Å². The van der Waals surface area contributed by atoms with Crippen molar-refractivity contribution in [1.29, 1.82) is 0 Å². The minimum Gasteiger partial charge on any atom is -0.456 e. The van der Waals surface area contributed by atoms with Crippen molar-refractivity contribution in [3.8, 4) is 0 Å². The molecule has 2 aliphatic rings. The number of thiol groups is 1. The normalized spacial score (nSPS) is 20.7. The first-order chi connectivity index (χ1) is 36.8. The van der Waals surface area contributed by atoms with Gasteiger partial charge in [0.1, 0.15) is 47.1 Å². The Labute approximate surface area is 470 Å². The van der Waals surface area contributed by atoms with Crippen LogP contribution in [0.2, 0.25) is 0 Å². The Hall–Kier alpha value is -5.91. The topological polar surface area (TPSA) is 270 Å². The summed E-state index contributed by atoms with van der Waals surface area (Å²) in [5.74, 6) is -4.04. The van der Waals surface area contributed by atoms with E-state index in [1.807, 2.05) is 12.5 Å². The number of fused-ring (bicyclic) bond motifs is 4. The predicted octanol–water partition coefficient (Wildman–Crippen LogP) is 6.68. The third kappa shape index (κ3) is 22.5. The molecule has 0 radical (unpaired) electrons. The lowest BCUT2D eigenvalue weighted by atomic mass is 10.0. The van der Waals surface area contributed by atoms with Crippen molar-refractivity contribution >= 4 is 100 Å². The lowest BCUT2D eigenvalue weighted by Gasteiger charge is -2.24. The molecule has 0 aromatic carbocycles. The van der Waals surface area contributed by atoms with E-state index in [2.05, 4.69) is 61.4 Å². The molecule has 0 saturated carbocycles. The zero-order chi connectivity index (χ0) is 57.0. The fraction of sp³-hybridized carbons (Fsp3) is 0.500. The van der Waals surface area contributed by atoms with E-state index >= 15 is 0 Å². The second kappa shape index (κ2) is 34.8. The van der Waals surface area contributed by atoms with Crippen LogP contribution >= 0.6 is 47.9 Å². The van der Waals surface area contributed by atoms with Crippen LogP contribution in [0.15, 0.2) is 81.9 Å². The number of unbranched alkanes of at least 4 members (excludes halogenated alkanes) is 2. The second-order valence-corrected chi connectivity index (χ2v) is 21.4. The van der Waals surface area contributed by atoms with Crippen LogP contribution < -0.4 is 31.9 Å². The molecule has 4 rings (SSSR count). The Bertz CT molecular complexity index is 2530. The van der Waals surface area contributed by atoms with Crippen LogP contribution in [0.3, 0.4) is 0 Å². The summed E-state index contributed by atoms with van der Waals surface area (Å²) < 4.78 is 11.3. The molecule has 0 spiro atoms. The van der Waals surface area contributed by atoms with Crippen molar-refractivity contribution in [2.45, 2.75) is 147 Å². The molecule has 6 amide bonds. The van der Waals surface area contributed by atoms with Gasteiger partial charge in [-0.3, -0.25) is 33.6 Å². The number of nitrogens with zero attached hydrogens (tertiary/aromatic N) is 2. The third-order valence-electron chi connectivity index (χ3n) is 11.5. The summed E-state index contributed by atoms with van der Waals surface area (Å²) in [6, 6.07) is 4.56. The van der Waals surface area contributed by atoms with Crippen LogP contribution in [0.4, 0.5) is 0 Å². The molecular weight excluding hydrogens is 1060 g/mol. The zero-order valence-electron chi connectivity index (χ0n) is 45.3. The van der Waals surface area contributed by atoms with E-state index in [1.165, 1.54) is 47.4 Å². The number of hydrogen-bond acceptors (Lipinski definition) is 17. The maximum atomic E-state index is 13.2. The summed E-state index contributed by atoms with van der Waals surface area (Å²) in [6.07, 6.45) is 16.2. The van der Waals surface area contributed by atoms with Gasteiger partial charge in [-0.05, 0) is 99.6 Å². The summed E-state index contributed by atoms with van der Waals surface area (Å²) in [7, 11) is 0. The Balaban J connectivity index is 0.000000412. The number of allylic oxidation sites excluding steroid dienone is 4. The first-order valence-corrected chi connectivity index (χ1v) is 29.5. The van der Waals surface area contributed by atoms with E-state index in [0.29, 0.717) is 42.2 Å². The van der Waals surface area contributed by atoms with E-state index < -0.39 is 59.9 Å². The zero-order valence-corrected chi connectivity index (χ0v) is 48.6. The van der Waals surface area contributed by atoms with E-state index in [-0.39, 0.29) is 77.5 Å². The molecule has 19 nitrogen and oxygen atoms in total. The molecule has 4 heterocycles. The monoisotopic (exact) mass is 1140 g/mol. The molecule has 420 valence electrons. The SMILES string of the molecule is C/C=C1\NC(=O)c2ccc(SC)c(n2)CNC(=O)C[C@@H](/C=C/CCS)OC(=O)[C@H](C(C)C)NC1=O.C/C=C1\NC(=O)c2ccc(SC)c(n2)CNC(=O)C[C@@H](/C=C/CCSC(=O)CCCCC)OC(=O)[C@H](C(C)C)NC1=O. The molecule has 2 aromatic heterocycles. The number of nitrogens with one attached hydrogen (secondary N) is 6. The first kappa shape index (κ1) is 65.4. The Kier molecular flexibility index (Phi) is 29.5. The third-order valence-corrected chi connectivity index (χ3v) is 14.3. The molecule has 77 heavy (non-hydrogen) atoms. The number of cyclic esters (lactones) is 2. The smallest absolute Gasteiger partial charge is 0.329 e. The van der Waals surface area contributed by atoms with Gasteiger partial charge in [-0.1, -0.05) is 83.5 Å². The maximum absolute atomic E-state index is 13.2. The van der Waals surface area contributed by atoms with Crippen molar-refractivity contribution in [2.75, 3.05) is 24.0 Å². The van der Waals surface area contributed by atoms with Gasteiger partial charge >= 0.3 is 11.9 Å². The number of esters is 2. The molecule has 6 N–H and O–H groups in total. The number of carbonyl (C=O) groups excluding carboxylic acids is 9. The number of pyridine rings is 2. The van der Waals surface area contributed by atoms with Crippen molar-refractivity contribution in [3.05, 3.63) is 94.9 Å². The van der Waals surface area contributed by atoms with E-state index in [1.54, 1.807) is 90.1 Å². The molecule has 4 bridgehead atoms. The fourth-order valence-corrected chi connectivity index (χ4v) is 9.24. The number of amides is 6. The van der Waals surface area contributed by atoms with Gasteiger partial charge in [-0.25, -0.2) is 19.6 Å². The summed E-state index contributed by atoms with van der Waals surface area (Å²) in [5.41, 5.74) is 1.13.